The second kappa shape index (κ2) is 7.61. The van der Waals surface area contributed by atoms with Gasteiger partial charge >= 0.3 is 0 Å². The molecule has 2 aromatic rings. The van der Waals surface area contributed by atoms with E-state index in [2.05, 4.69) is 29.0 Å². The highest BCUT2D eigenvalue weighted by Gasteiger charge is 2.36. The number of carbonyl (C=O) groups excluding carboxylic acids is 1. The maximum atomic E-state index is 13.1. The highest BCUT2D eigenvalue weighted by atomic mass is 32.1. The lowest BCUT2D eigenvalue weighted by molar-refractivity contribution is 0.0714. The second-order valence-corrected chi connectivity index (χ2v) is 7.60. The van der Waals surface area contributed by atoms with Crippen molar-refractivity contribution in [2.45, 2.75) is 52.0 Å². The molecule has 8 heteroatoms. The molecule has 7 nitrogen and oxygen atoms in total. The Morgan fingerprint density at radius 1 is 1.44 bits per heavy atom. The minimum atomic E-state index is -0.153. The number of amides is 1. The molecule has 2 aromatic heterocycles. The summed E-state index contributed by atoms with van der Waals surface area (Å²) in [6.45, 7) is 7.32. The van der Waals surface area contributed by atoms with Crippen molar-refractivity contribution in [1.29, 1.82) is 0 Å². The molecule has 3 heterocycles. The summed E-state index contributed by atoms with van der Waals surface area (Å²) in [5, 5.41) is 4.99. The van der Waals surface area contributed by atoms with E-state index < -0.39 is 0 Å². The number of aryl methyl sites for hydroxylation is 1. The van der Waals surface area contributed by atoms with Crippen LogP contribution in [0.2, 0.25) is 0 Å². The number of hydrogen-bond donors (Lipinski definition) is 0. The molecule has 1 aliphatic heterocycles. The van der Waals surface area contributed by atoms with Crippen molar-refractivity contribution in [3.8, 4) is 0 Å². The first-order valence-corrected chi connectivity index (χ1v) is 9.42. The maximum absolute atomic E-state index is 13.1. The van der Waals surface area contributed by atoms with E-state index in [1.807, 2.05) is 11.8 Å². The maximum Gasteiger partial charge on any atom is 0.266 e. The molecule has 1 aliphatic rings. The van der Waals surface area contributed by atoms with Gasteiger partial charge in [-0.3, -0.25) is 4.79 Å². The van der Waals surface area contributed by atoms with Gasteiger partial charge in [0, 0.05) is 26.0 Å². The molecule has 0 radical (unpaired) electrons. The molecule has 1 amide bonds. The zero-order chi connectivity index (χ0) is 18.0. The first-order valence-electron chi connectivity index (χ1n) is 8.61. The summed E-state index contributed by atoms with van der Waals surface area (Å²) in [7, 11) is 1.64. The second-order valence-electron chi connectivity index (χ2n) is 6.57. The van der Waals surface area contributed by atoms with E-state index in [-0.39, 0.29) is 11.9 Å². The van der Waals surface area contributed by atoms with Crippen LogP contribution in [0.5, 0.6) is 0 Å². The number of rotatable bonds is 6. The predicted octanol–water partition coefficient (Wildman–Crippen LogP) is 3.12. The number of aromatic nitrogens is 3. The standard InChI is InChI=1S/C17H24N4O3S/c1-10(2)16-18-11(3)14(25-16)17(22)21-8-5-6-12(21)15-19-13(20-24-15)7-9-23-4/h10,12H,5-9H2,1-4H3/t12-/m0/s1. The van der Waals surface area contributed by atoms with Gasteiger partial charge in [0.2, 0.25) is 5.89 Å². The first-order chi connectivity index (χ1) is 12.0. The number of ether oxygens (including phenoxy) is 1. The average molecular weight is 364 g/mol. The predicted molar refractivity (Wildman–Crippen MR) is 93.8 cm³/mol. The van der Waals surface area contributed by atoms with Gasteiger partial charge in [-0.05, 0) is 19.8 Å². The lowest BCUT2D eigenvalue weighted by atomic mass is 10.2. The van der Waals surface area contributed by atoms with Crippen LogP contribution in [-0.2, 0) is 11.2 Å². The largest absolute Gasteiger partial charge is 0.384 e. The number of likely N-dealkylation sites (tertiary alicyclic amines) is 1. The van der Waals surface area contributed by atoms with Crippen molar-refractivity contribution in [1.82, 2.24) is 20.0 Å². The van der Waals surface area contributed by atoms with E-state index >= 15 is 0 Å². The van der Waals surface area contributed by atoms with Crippen molar-refractivity contribution in [3.63, 3.8) is 0 Å². The van der Waals surface area contributed by atoms with Crippen LogP contribution in [-0.4, -0.2) is 46.2 Å². The molecular weight excluding hydrogens is 340 g/mol. The van der Waals surface area contributed by atoms with Gasteiger partial charge in [0.25, 0.3) is 5.91 Å². The van der Waals surface area contributed by atoms with E-state index in [0.717, 1.165) is 28.4 Å². The van der Waals surface area contributed by atoms with Gasteiger partial charge < -0.3 is 14.2 Å². The van der Waals surface area contributed by atoms with Crippen molar-refractivity contribution >= 4 is 17.2 Å². The molecule has 0 aromatic carbocycles. The summed E-state index contributed by atoms with van der Waals surface area (Å²) in [6.07, 6.45) is 2.37. The third-order valence-corrected chi connectivity index (χ3v) is 5.76. The lowest BCUT2D eigenvalue weighted by Crippen LogP contribution is -2.30. The third kappa shape index (κ3) is 3.74. The van der Waals surface area contributed by atoms with Gasteiger partial charge in [0.05, 0.1) is 17.3 Å². The van der Waals surface area contributed by atoms with Crippen LogP contribution >= 0.6 is 11.3 Å². The Kier molecular flexibility index (Phi) is 5.48. The minimum Gasteiger partial charge on any atom is -0.384 e. The summed E-state index contributed by atoms with van der Waals surface area (Å²) < 4.78 is 10.5. The molecular formula is C17H24N4O3S. The van der Waals surface area contributed by atoms with E-state index in [9.17, 15) is 4.79 Å². The smallest absolute Gasteiger partial charge is 0.266 e. The molecule has 0 aliphatic carbocycles. The summed E-state index contributed by atoms with van der Waals surface area (Å²) in [6, 6.07) is -0.153. The lowest BCUT2D eigenvalue weighted by Gasteiger charge is -2.21. The van der Waals surface area contributed by atoms with Crippen molar-refractivity contribution < 1.29 is 14.1 Å². The fourth-order valence-electron chi connectivity index (χ4n) is 2.96. The Balaban J connectivity index is 1.79. The Bertz CT molecular complexity index is 740. The van der Waals surface area contributed by atoms with Crippen molar-refractivity contribution in [2.75, 3.05) is 20.3 Å². The fourth-order valence-corrected chi connectivity index (χ4v) is 3.98. The van der Waals surface area contributed by atoms with Gasteiger partial charge in [-0.25, -0.2) is 4.98 Å². The third-order valence-electron chi connectivity index (χ3n) is 4.31. The van der Waals surface area contributed by atoms with Gasteiger partial charge in [-0.15, -0.1) is 11.3 Å². The Morgan fingerprint density at radius 3 is 2.92 bits per heavy atom. The molecule has 0 unspecified atom stereocenters. The van der Waals surface area contributed by atoms with E-state index in [0.29, 0.717) is 37.2 Å². The Morgan fingerprint density at radius 2 is 2.24 bits per heavy atom. The van der Waals surface area contributed by atoms with E-state index in [1.54, 1.807) is 7.11 Å². The fraction of sp³-hybridized carbons (Fsp3) is 0.647. The topological polar surface area (TPSA) is 81.4 Å². The number of carbonyl (C=O) groups is 1. The molecule has 1 saturated heterocycles. The van der Waals surface area contributed by atoms with Crippen LogP contribution in [0.3, 0.4) is 0 Å². The highest BCUT2D eigenvalue weighted by molar-refractivity contribution is 7.13. The summed E-state index contributed by atoms with van der Waals surface area (Å²) in [5.74, 6) is 1.47. The van der Waals surface area contributed by atoms with Crippen molar-refractivity contribution in [2.24, 2.45) is 0 Å². The number of hydrogen-bond acceptors (Lipinski definition) is 7. The van der Waals surface area contributed by atoms with Crippen LogP contribution in [0.1, 0.15) is 70.7 Å². The molecule has 25 heavy (non-hydrogen) atoms. The molecule has 136 valence electrons. The Hall–Kier alpha value is -1.80. The summed E-state index contributed by atoms with van der Waals surface area (Å²) in [4.78, 5) is 24.6. The molecule has 1 fully saturated rings. The van der Waals surface area contributed by atoms with Crippen LogP contribution in [0.15, 0.2) is 4.52 Å². The Labute approximate surface area is 151 Å². The molecule has 3 rings (SSSR count). The molecule has 0 spiro atoms. The van der Waals surface area contributed by atoms with E-state index in [1.165, 1.54) is 11.3 Å². The molecule has 0 bridgehead atoms. The molecule has 0 saturated carbocycles. The minimum absolute atomic E-state index is 0.0149. The van der Waals surface area contributed by atoms with Gasteiger partial charge in [0.1, 0.15) is 10.9 Å². The van der Waals surface area contributed by atoms with Crippen LogP contribution in [0.4, 0.5) is 0 Å². The highest BCUT2D eigenvalue weighted by Crippen LogP contribution is 2.34. The summed E-state index contributed by atoms with van der Waals surface area (Å²) >= 11 is 1.49. The van der Waals surface area contributed by atoms with E-state index in [4.69, 9.17) is 9.26 Å². The summed E-state index contributed by atoms with van der Waals surface area (Å²) in [5.41, 5.74) is 0.802. The number of nitrogens with zero attached hydrogens (tertiary/aromatic N) is 4. The average Bonchev–Trinajstić information content (AvgIpc) is 3.30. The quantitative estimate of drug-likeness (QED) is 0.783. The van der Waals surface area contributed by atoms with Gasteiger partial charge in [0.15, 0.2) is 5.82 Å². The zero-order valence-electron chi connectivity index (χ0n) is 15.1. The number of thiazole rings is 1. The molecule has 1 atom stereocenters. The van der Waals surface area contributed by atoms with Gasteiger partial charge in [-0.1, -0.05) is 19.0 Å². The van der Waals surface area contributed by atoms with Gasteiger partial charge in [-0.2, -0.15) is 4.98 Å². The first kappa shape index (κ1) is 18.0. The van der Waals surface area contributed by atoms with Crippen LogP contribution in [0.25, 0.3) is 0 Å². The zero-order valence-corrected chi connectivity index (χ0v) is 15.9. The monoisotopic (exact) mass is 364 g/mol. The van der Waals surface area contributed by atoms with Crippen LogP contribution in [0, 0.1) is 6.92 Å². The number of methoxy groups -OCH3 is 1. The molecule has 0 N–H and O–H groups in total. The van der Waals surface area contributed by atoms with Crippen molar-refractivity contribution in [3.05, 3.63) is 27.3 Å². The normalized spacial score (nSPS) is 17.6. The SMILES string of the molecule is COCCc1noc([C@@H]2CCCN2C(=O)c2sc(C(C)C)nc2C)n1. The van der Waals surface area contributed by atoms with Crippen LogP contribution < -0.4 is 0 Å².